The molecule has 3 heteroatoms. The summed E-state index contributed by atoms with van der Waals surface area (Å²) in [5.74, 6) is 0. The maximum absolute atomic E-state index is 5.76. The van der Waals surface area contributed by atoms with Crippen LogP contribution in [0.25, 0.3) is 0 Å². The third kappa shape index (κ3) is 3.72. The van der Waals surface area contributed by atoms with E-state index >= 15 is 0 Å². The van der Waals surface area contributed by atoms with Gasteiger partial charge in [0.25, 0.3) is 0 Å². The van der Waals surface area contributed by atoms with E-state index in [9.17, 15) is 0 Å². The second-order valence-electron chi connectivity index (χ2n) is 5.83. The number of hydrogen-bond acceptors (Lipinski definition) is 3. The Balaban J connectivity index is 2.24. The lowest BCUT2D eigenvalue weighted by Gasteiger charge is -2.49. The number of rotatable bonds is 7. The highest BCUT2D eigenvalue weighted by molar-refractivity contribution is 4.97. The molecule has 1 rings (SSSR count). The average Bonchev–Trinajstić information content (AvgIpc) is 2.10. The van der Waals surface area contributed by atoms with Gasteiger partial charge >= 0.3 is 0 Å². The molecule has 1 aliphatic carbocycles. The second-order valence-corrected chi connectivity index (χ2v) is 5.83. The van der Waals surface area contributed by atoms with Crippen molar-refractivity contribution in [2.75, 3.05) is 34.2 Å². The van der Waals surface area contributed by atoms with Crippen LogP contribution in [-0.4, -0.2) is 55.6 Å². The monoisotopic (exact) mass is 227 g/mol. The van der Waals surface area contributed by atoms with Crippen LogP contribution in [0.5, 0.6) is 0 Å². The molecule has 0 radical (unpaired) electrons. The molecule has 2 N–H and O–H groups in total. The van der Waals surface area contributed by atoms with Gasteiger partial charge in [0.15, 0.2) is 0 Å². The Kier molecular flexibility index (Phi) is 5.22. The van der Waals surface area contributed by atoms with Crippen molar-refractivity contribution >= 4 is 0 Å². The summed E-state index contributed by atoms with van der Waals surface area (Å²) >= 11 is 0. The zero-order valence-electron chi connectivity index (χ0n) is 11.5. The molecular formula is C13H29N3. The van der Waals surface area contributed by atoms with E-state index in [1.807, 2.05) is 0 Å². The largest absolute Gasteiger partial charge is 0.328 e. The van der Waals surface area contributed by atoms with Crippen molar-refractivity contribution < 1.29 is 0 Å². The van der Waals surface area contributed by atoms with Gasteiger partial charge in [-0.2, -0.15) is 0 Å². The molecule has 0 aromatic heterocycles. The zero-order chi connectivity index (χ0) is 12.2. The third-order valence-electron chi connectivity index (χ3n) is 4.00. The maximum Gasteiger partial charge on any atom is 0.0330 e. The number of likely N-dealkylation sites (N-methyl/N-ethyl adjacent to an activating group) is 2. The molecule has 1 atom stereocenters. The molecule has 0 heterocycles. The summed E-state index contributed by atoms with van der Waals surface area (Å²) < 4.78 is 0. The maximum atomic E-state index is 5.76. The van der Waals surface area contributed by atoms with Crippen LogP contribution in [0.4, 0.5) is 0 Å². The molecule has 1 unspecified atom stereocenters. The van der Waals surface area contributed by atoms with Crippen molar-refractivity contribution in [2.24, 2.45) is 5.73 Å². The zero-order valence-corrected chi connectivity index (χ0v) is 11.5. The van der Waals surface area contributed by atoms with Gasteiger partial charge in [-0.1, -0.05) is 0 Å². The molecule has 16 heavy (non-hydrogen) atoms. The summed E-state index contributed by atoms with van der Waals surface area (Å²) in [6.07, 6.45) is 6.47. The van der Waals surface area contributed by atoms with Gasteiger partial charge in [-0.25, -0.2) is 0 Å². The van der Waals surface area contributed by atoms with Crippen molar-refractivity contribution in [1.29, 1.82) is 0 Å². The van der Waals surface area contributed by atoms with Crippen molar-refractivity contribution in [1.82, 2.24) is 9.80 Å². The Morgan fingerprint density at radius 1 is 1.25 bits per heavy atom. The molecule has 0 saturated heterocycles. The fraction of sp³-hybridized carbons (Fsp3) is 1.00. The Labute approximate surface area is 101 Å². The second kappa shape index (κ2) is 5.99. The topological polar surface area (TPSA) is 32.5 Å². The SMILES string of the molecule is CC(N)CCCN(C)CC1(N(C)C)CCC1. The van der Waals surface area contributed by atoms with E-state index < -0.39 is 0 Å². The minimum Gasteiger partial charge on any atom is -0.328 e. The molecule has 1 saturated carbocycles. The van der Waals surface area contributed by atoms with E-state index in [2.05, 4.69) is 37.9 Å². The average molecular weight is 227 g/mol. The van der Waals surface area contributed by atoms with E-state index in [1.54, 1.807) is 0 Å². The van der Waals surface area contributed by atoms with Crippen LogP contribution < -0.4 is 5.73 Å². The van der Waals surface area contributed by atoms with E-state index in [-0.39, 0.29) is 0 Å². The van der Waals surface area contributed by atoms with Gasteiger partial charge < -0.3 is 15.5 Å². The van der Waals surface area contributed by atoms with Crippen LogP contribution in [-0.2, 0) is 0 Å². The molecule has 0 aromatic carbocycles. The Bertz CT molecular complexity index is 197. The molecule has 3 nitrogen and oxygen atoms in total. The van der Waals surface area contributed by atoms with Crippen LogP contribution in [0.3, 0.4) is 0 Å². The van der Waals surface area contributed by atoms with Gasteiger partial charge in [-0.05, 0) is 66.7 Å². The standard InChI is InChI=1S/C13H29N3/c1-12(14)7-5-10-16(4)11-13(15(2)3)8-6-9-13/h12H,5-11,14H2,1-4H3. The van der Waals surface area contributed by atoms with Crippen molar-refractivity contribution in [2.45, 2.75) is 50.6 Å². The van der Waals surface area contributed by atoms with E-state index in [4.69, 9.17) is 5.73 Å². The summed E-state index contributed by atoms with van der Waals surface area (Å²) in [6, 6.07) is 0.347. The van der Waals surface area contributed by atoms with Gasteiger partial charge in [0.1, 0.15) is 0 Å². The molecule has 0 bridgehead atoms. The molecule has 1 aliphatic rings. The predicted octanol–water partition coefficient (Wildman–Crippen LogP) is 1.53. The highest BCUT2D eigenvalue weighted by Crippen LogP contribution is 2.36. The molecular weight excluding hydrogens is 198 g/mol. The summed E-state index contributed by atoms with van der Waals surface area (Å²) in [6.45, 7) is 4.48. The van der Waals surface area contributed by atoms with Gasteiger partial charge in [-0.3, -0.25) is 0 Å². The molecule has 0 spiro atoms. The highest BCUT2D eigenvalue weighted by atomic mass is 15.2. The fourth-order valence-electron chi connectivity index (χ4n) is 2.60. The van der Waals surface area contributed by atoms with Crippen molar-refractivity contribution in [3.05, 3.63) is 0 Å². The Morgan fingerprint density at radius 3 is 2.25 bits per heavy atom. The van der Waals surface area contributed by atoms with Crippen LogP contribution in [0, 0.1) is 0 Å². The summed E-state index contributed by atoms with van der Waals surface area (Å²) in [5.41, 5.74) is 6.23. The van der Waals surface area contributed by atoms with Crippen LogP contribution in [0.1, 0.15) is 39.0 Å². The van der Waals surface area contributed by atoms with E-state index in [1.165, 1.54) is 38.8 Å². The molecule has 0 aliphatic heterocycles. The lowest BCUT2D eigenvalue weighted by Crippen LogP contribution is -2.56. The van der Waals surface area contributed by atoms with Crippen molar-refractivity contribution in [3.63, 3.8) is 0 Å². The Morgan fingerprint density at radius 2 is 1.88 bits per heavy atom. The Hall–Kier alpha value is -0.120. The number of hydrogen-bond donors (Lipinski definition) is 1. The summed E-state index contributed by atoms with van der Waals surface area (Å²) in [5, 5.41) is 0. The first-order chi connectivity index (χ1) is 7.46. The molecule has 1 fully saturated rings. The highest BCUT2D eigenvalue weighted by Gasteiger charge is 2.39. The lowest BCUT2D eigenvalue weighted by atomic mass is 9.75. The molecule has 96 valence electrons. The first-order valence-corrected chi connectivity index (χ1v) is 6.58. The van der Waals surface area contributed by atoms with Crippen LogP contribution >= 0.6 is 0 Å². The molecule has 0 amide bonds. The summed E-state index contributed by atoms with van der Waals surface area (Å²) in [7, 11) is 6.68. The van der Waals surface area contributed by atoms with Gasteiger partial charge in [-0.15, -0.1) is 0 Å². The number of nitrogens with zero attached hydrogens (tertiary/aromatic N) is 2. The third-order valence-corrected chi connectivity index (χ3v) is 4.00. The van der Waals surface area contributed by atoms with Crippen molar-refractivity contribution in [3.8, 4) is 0 Å². The first-order valence-electron chi connectivity index (χ1n) is 6.58. The van der Waals surface area contributed by atoms with Crippen LogP contribution in [0.15, 0.2) is 0 Å². The smallest absolute Gasteiger partial charge is 0.0330 e. The lowest BCUT2D eigenvalue weighted by molar-refractivity contribution is 0.0275. The van der Waals surface area contributed by atoms with E-state index in [0.717, 1.165) is 6.42 Å². The minimum atomic E-state index is 0.347. The quantitative estimate of drug-likeness (QED) is 0.716. The van der Waals surface area contributed by atoms with Gasteiger partial charge in [0.05, 0.1) is 0 Å². The van der Waals surface area contributed by atoms with Crippen LogP contribution in [0.2, 0.25) is 0 Å². The molecule has 0 aromatic rings. The normalized spacial score (nSPS) is 21.2. The van der Waals surface area contributed by atoms with Gasteiger partial charge in [0.2, 0.25) is 0 Å². The predicted molar refractivity (Wildman–Crippen MR) is 70.6 cm³/mol. The summed E-state index contributed by atoms with van der Waals surface area (Å²) in [4.78, 5) is 4.89. The van der Waals surface area contributed by atoms with Gasteiger partial charge in [0, 0.05) is 18.1 Å². The minimum absolute atomic E-state index is 0.347. The first kappa shape index (κ1) is 13.9. The van der Waals surface area contributed by atoms with E-state index in [0.29, 0.717) is 11.6 Å². The number of nitrogens with two attached hydrogens (primary N) is 1. The fourth-order valence-corrected chi connectivity index (χ4v) is 2.60.